The zero-order chi connectivity index (χ0) is 15.9. The molecule has 0 aromatic heterocycles. The number of nitrogens with one attached hydrogen (secondary N) is 1. The van der Waals surface area contributed by atoms with Crippen LogP contribution in [0, 0.1) is 0 Å². The van der Waals surface area contributed by atoms with Crippen LogP contribution < -0.4 is 14.8 Å². The van der Waals surface area contributed by atoms with Crippen molar-refractivity contribution in [2.75, 3.05) is 25.5 Å². The minimum Gasteiger partial charge on any atom is -0.490 e. The molecule has 1 aliphatic heterocycles. The SMILES string of the molecule is CC(NCCSc1ccccc1)c1ccc2c(c1)OCCCO2. The van der Waals surface area contributed by atoms with Crippen LogP contribution in [0.4, 0.5) is 0 Å². The molecule has 3 nitrogen and oxygen atoms in total. The lowest BCUT2D eigenvalue weighted by Crippen LogP contribution is -2.21. The molecule has 23 heavy (non-hydrogen) atoms. The Balaban J connectivity index is 1.50. The summed E-state index contributed by atoms with van der Waals surface area (Å²) >= 11 is 1.88. The summed E-state index contributed by atoms with van der Waals surface area (Å²) < 4.78 is 11.4. The van der Waals surface area contributed by atoms with Crippen molar-refractivity contribution in [3.05, 3.63) is 54.1 Å². The standard InChI is InChI=1S/C19H23NO2S/c1-15(20-10-13-23-17-6-3-2-4-7-17)16-8-9-18-19(14-16)22-12-5-11-21-18/h2-4,6-9,14-15,20H,5,10-13H2,1H3. The fourth-order valence-electron chi connectivity index (χ4n) is 2.53. The molecule has 0 fully saturated rings. The summed E-state index contributed by atoms with van der Waals surface area (Å²) in [5.74, 6) is 2.78. The van der Waals surface area contributed by atoms with Crippen molar-refractivity contribution in [2.24, 2.45) is 0 Å². The Hall–Kier alpha value is -1.65. The van der Waals surface area contributed by atoms with Gasteiger partial charge in [-0.05, 0) is 36.8 Å². The second kappa shape index (κ2) is 8.27. The Labute approximate surface area is 142 Å². The van der Waals surface area contributed by atoms with Crippen LogP contribution in [-0.4, -0.2) is 25.5 Å². The maximum absolute atomic E-state index is 5.77. The third-order valence-corrected chi connectivity index (χ3v) is 4.85. The van der Waals surface area contributed by atoms with Crippen LogP contribution in [0.25, 0.3) is 0 Å². The molecule has 0 bridgehead atoms. The van der Waals surface area contributed by atoms with Crippen molar-refractivity contribution in [1.82, 2.24) is 5.32 Å². The van der Waals surface area contributed by atoms with Crippen LogP contribution in [0.1, 0.15) is 24.9 Å². The van der Waals surface area contributed by atoms with Gasteiger partial charge in [-0.25, -0.2) is 0 Å². The van der Waals surface area contributed by atoms with E-state index in [1.54, 1.807) is 0 Å². The van der Waals surface area contributed by atoms with E-state index < -0.39 is 0 Å². The van der Waals surface area contributed by atoms with Crippen LogP contribution in [0.3, 0.4) is 0 Å². The van der Waals surface area contributed by atoms with Gasteiger partial charge in [-0.3, -0.25) is 0 Å². The normalized spacial score (nSPS) is 15.0. The zero-order valence-corrected chi connectivity index (χ0v) is 14.3. The molecule has 0 amide bonds. The summed E-state index contributed by atoms with van der Waals surface area (Å²) in [6.45, 7) is 4.62. The van der Waals surface area contributed by atoms with Gasteiger partial charge in [0.2, 0.25) is 0 Å². The molecule has 3 rings (SSSR count). The lowest BCUT2D eigenvalue weighted by atomic mass is 10.1. The van der Waals surface area contributed by atoms with Gasteiger partial charge in [-0.2, -0.15) is 0 Å². The van der Waals surface area contributed by atoms with Gasteiger partial charge in [0.1, 0.15) is 0 Å². The fraction of sp³-hybridized carbons (Fsp3) is 0.368. The molecule has 1 atom stereocenters. The molecule has 2 aromatic rings. The lowest BCUT2D eigenvalue weighted by Gasteiger charge is -2.16. The molecule has 0 spiro atoms. The molecular formula is C19H23NO2S. The van der Waals surface area contributed by atoms with E-state index in [9.17, 15) is 0 Å². The third kappa shape index (κ3) is 4.66. The summed E-state index contributed by atoms with van der Waals surface area (Å²) in [7, 11) is 0. The molecule has 122 valence electrons. The lowest BCUT2D eigenvalue weighted by molar-refractivity contribution is 0.297. The van der Waals surface area contributed by atoms with Crippen LogP contribution in [0.5, 0.6) is 11.5 Å². The Bertz CT molecular complexity index is 618. The van der Waals surface area contributed by atoms with E-state index in [0.29, 0.717) is 6.04 Å². The highest BCUT2D eigenvalue weighted by Gasteiger charge is 2.13. The molecule has 1 unspecified atom stereocenters. The van der Waals surface area contributed by atoms with E-state index >= 15 is 0 Å². The first kappa shape index (κ1) is 16.2. The van der Waals surface area contributed by atoms with Crippen molar-refractivity contribution in [2.45, 2.75) is 24.3 Å². The van der Waals surface area contributed by atoms with Crippen LogP contribution in [0.15, 0.2) is 53.4 Å². The predicted molar refractivity (Wildman–Crippen MR) is 95.6 cm³/mol. The van der Waals surface area contributed by atoms with Crippen molar-refractivity contribution in [1.29, 1.82) is 0 Å². The summed E-state index contributed by atoms with van der Waals surface area (Å²) in [6.07, 6.45) is 0.939. The molecule has 0 aliphatic carbocycles. The summed E-state index contributed by atoms with van der Waals surface area (Å²) in [6, 6.07) is 17.0. The highest BCUT2D eigenvalue weighted by atomic mass is 32.2. The molecule has 2 aromatic carbocycles. The van der Waals surface area contributed by atoms with Gasteiger partial charge in [0.25, 0.3) is 0 Å². The van der Waals surface area contributed by atoms with E-state index in [4.69, 9.17) is 9.47 Å². The molecule has 1 heterocycles. The first-order valence-electron chi connectivity index (χ1n) is 8.14. The number of rotatable bonds is 6. The largest absolute Gasteiger partial charge is 0.490 e. The van der Waals surface area contributed by atoms with E-state index in [-0.39, 0.29) is 0 Å². The van der Waals surface area contributed by atoms with Crippen LogP contribution in [0.2, 0.25) is 0 Å². The summed E-state index contributed by atoms with van der Waals surface area (Å²) in [4.78, 5) is 1.32. The van der Waals surface area contributed by atoms with Crippen molar-refractivity contribution < 1.29 is 9.47 Å². The molecule has 0 saturated carbocycles. The van der Waals surface area contributed by atoms with E-state index in [0.717, 1.165) is 43.4 Å². The van der Waals surface area contributed by atoms with E-state index in [2.05, 4.69) is 54.7 Å². The van der Waals surface area contributed by atoms with Gasteiger partial charge < -0.3 is 14.8 Å². The Morgan fingerprint density at radius 1 is 1.04 bits per heavy atom. The molecule has 0 radical (unpaired) electrons. The number of hydrogen-bond donors (Lipinski definition) is 1. The number of fused-ring (bicyclic) bond motifs is 1. The minimum absolute atomic E-state index is 0.295. The highest BCUT2D eigenvalue weighted by Crippen LogP contribution is 2.32. The maximum atomic E-state index is 5.77. The number of thioether (sulfide) groups is 1. The van der Waals surface area contributed by atoms with Gasteiger partial charge in [0.15, 0.2) is 11.5 Å². The van der Waals surface area contributed by atoms with Gasteiger partial charge in [0, 0.05) is 29.7 Å². The van der Waals surface area contributed by atoms with Gasteiger partial charge >= 0.3 is 0 Å². The molecule has 1 aliphatic rings. The average Bonchev–Trinajstić information content (AvgIpc) is 2.84. The minimum atomic E-state index is 0.295. The highest BCUT2D eigenvalue weighted by molar-refractivity contribution is 7.99. The second-order valence-corrected chi connectivity index (χ2v) is 6.76. The van der Waals surface area contributed by atoms with Gasteiger partial charge in [0.05, 0.1) is 13.2 Å². The molecule has 1 N–H and O–H groups in total. The van der Waals surface area contributed by atoms with Gasteiger partial charge in [-0.1, -0.05) is 24.3 Å². The topological polar surface area (TPSA) is 30.5 Å². The molecule has 0 saturated heterocycles. The molecular weight excluding hydrogens is 306 g/mol. The van der Waals surface area contributed by atoms with Gasteiger partial charge in [-0.15, -0.1) is 11.8 Å². The zero-order valence-electron chi connectivity index (χ0n) is 13.5. The predicted octanol–water partition coefficient (Wildman–Crippen LogP) is 4.29. The van der Waals surface area contributed by atoms with E-state index in [1.165, 1.54) is 10.5 Å². The Kier molecular flexibility index (Phi) is 5.83. The van der Waals surface area contributed by atoms with Crippen LogP contribution >= 0.6 is 11.8 Å². The fourth-order valence-corrected chi connectivity index (χ4v) is 3.33. The summed E-state index contributed by atoms with van der Waals surface area (Å²) in [5.41, 5.74) is 1.24. The van der Waals surface area contributed by atoms with Crippen molar-refractivity contribution >= 4 is 11.8 Å². The Morgan fingerprint density at radius 2 is 1.83 bits per heavy atom. The van der Waals surface area contributed by atoms with E-state index in [1.807, 2.05) is 17.8 Å². The van der Waals surface area contributed by atoms with Crippen LogP contribution in [-0.2, 0) is 0 Å². The average molecular weight is 329 g/mol. The molecule has 4 heteroatoms. The third-order valence-electron chi connectivity index (χ3n) is 3.84. The number of benzene rings is 2. The number of ether oxygens (including phenoxy) is 2. The Morgan fingerprint density at radius 3 is 2.65 bits per heavy atom. The monoisotopic (exact) mass is 329 g/mol. The van der Waals surface area contributed by atoms with Crippen molar-refractivity contribution in [3.8, 4) is 11.5 Å². The summed E-state index contributed by atoms with van der Waals surface area (Å²) in [5, 5.41) is 3.57. The smallest absolute Gasteiger partial charge is 0.161 e. The first-order chi connectivity index (χ1) is 11.3. The second-order valence-electron chi connectivity index (χ2n) is 5.59. The van der Waals surface area contributed by atoms with Crippen molar-refractivity contribution in [3.63, 3.8) is 0 Å². The first-order valence-corrected chi connectivity index (χ1v) is 9.12. The number of hydrogen-bond acceptors (Lipinski definition) is 4. The quantitative estimate of drug-likeness (QED) is 0.632. The maximum Gasteiger partial charge on any atom is 0.161 e.